The Balaban J connectivity index is 2.05. The molecule has 4 nitrogen and oxygen atoms in total. The number of aromatic nitrogens is 2. The summed E-state index contributed by atoms with van der Waals surface area (Å²) >= 11 is 0. The summed E-state index contributed by atoms with van der Waals surface area (Å²) in [6.07, 6.45) is 3.67. The molecule has 3 rings (SSSR count). The van der Waals surface area contributed by atoms with E-state index >= 15 is 0 Å². The Morgan fingerprint density at radius 1 is 1.16 bits per heavy atom. The smallest absolute Gasteiger partial charge is 0.398 e. The Morgan fingerprint density at radius 2 is 1.79 bits per heavy atom. The average molecular weight is 258 g/mol. The van der Waals surface area contributed by atoms with Crippen molar-refractivity contribution in [3.05, 3.63) is 24.5 Å². The fourth-order valence-corrected chi connectivity index (χ4v) is 2.40. The summed E-state index contributed by atoms with van der Waals surface area (Å²) in [5.41, 5.74) is 1.54. The van der Waals surface area contributed by atoms with Crippen molar-refractivity contribution in [1.29, 1.82) is 0 Å². The van der Waals surface area contributed by atoms with Gasteiger partial charge in [0.1, 0.15) is 0 Å². The van der Waals surface area contributed by atoms with Crippen LogP contribution in [0.15, 0.2) is 24.5 Å². The third kappa shape index (κ3) is 1.80. The van der Waals surface area contributed by atoms with Crippen molar-refractivity contribution in [1.82, 2.24) is 9.55 Å². The number of nitrogens with zero attached hydrogens (tertiary/aromatic N) is 2. The molecule has 0 bridgehead atoms. The zero-order valence-corrected chi connectivity index (χ0v) is 12.1. The molecule has 0 spiro atoms. The quantitative estimate of drug-likeness (QED) is 0.733. The minimum atomic E-state index is -0.331. The summed E-state index contributed by atoms with van der Waals surface area (Å²) in [5.74, 6) is 0. The van der Waals surface area contributed by atoms with E-state index in [0.29, 0.717) is 0 Å². The normalized spacial score (nSPS) is 21.2. The van der Waals surface area contributed by atoms with Gasteiger partial charge in [0.25, 0.3) is 0 Å². The topological polar surface area (TPSA) is 36.3 Å². The van der Waals surface area contributed by atoms with Gasteiger partial charge in [-0.25, -0.2) is 0 Å². The summed E-state index contributed by atoms with van der Waals surface area (Å²) in [4.78, 5) is 4.16. The zero-order valence-electron chi connectivity index (χ0n) is 12.1. The van der Waals surface area contributed by atoms with E-state index in [9.17, 15) is 0 Å². The van der Waals surface area contributed by atoms with Crippen LogP contribution in [0.3, 0.4) is 0 Å². The van der Waals surface area contributed by atoms with Crippen molar-refractivity contribution < 1.29 is 9.31 Å². The van der Waals surface area contributed by atoms with Crippen LogP contribution >= 0.6 is 0 Å². The number of hydrogen-bond donors (Lipinski definition) is 0. The number of aryl methyl sites for hydroxylation is 1. The number of rotatable bonds is 1. The van der Waals surface area contributed by atoms with Crippen LogP contribution in [0.25, 0.3) is 10.9 Å². The molecule has 1 saturated heterocycles. The van der Waals surface area contributed by atoms with Crippen molar-refractivity contribution >= 4 is 23.6 Å². The van der Waals surface area contributed by atoms with Gasteiger partial charge in [-0.05, 0) is 39.8 Å². The maximum absolute atomic E-state index is 6.10. The molecule has 0 unspecified atom stereocenters. The van der Waals surface area contributed by atoms with Crippen molar-refractivity contribution in [2.24, 2.45) is 7.05 Å². The first-order valence-electron chi connectivity index (χ1n) is 6.57. The number of hydrogen-bond acceptors (Lipinski definition) is 3. The van der Waals surface area contributed by atoms with Crippen LogP contribution in [0.2, 0.25) is 0 Å². The first-order valence-corrected chi connectivity index (χ1v) is 6.57. The second-order valence-corrected chi connectivity index (χ2v) is 6.15. The third-order valence-electron chi connectivity index (χ3n) is 4.37. The summed E-state index contributed by atoms with van der Waals surface area (Å²) in [6, 6.07) is 4.09. The maximum atomic E-state index is 6.10. The Kier molecular flexibility index (Phi) is 2.56. The summed E-state index contributed by atoms with van der Waals surface area (Å²) in [7, 11) is 1.70. The van der Waals surface area contributed by atoms with E-state index in [1.165, 1.54) is 0 Å². The molecular weight excluding hydrogens is 239 g/mol. The molecule has 100 valence electrons. The number of fused-ring (bicyclic) bond motifs is 1. The van der Waals surface area contributed by atoms with Crippen LogP contribution in [0.4, 0.5) is 0 Å². The van der Waals surface area contributed by atoms with Gasteiger partial charge in [0, 0.05) is 30.4 Å². The van der Waals surface area contributed by atoms with E-state index in [4.69, 9.17) is 9.31 Å². The Labute approximate surface area is 113 Å². The van der Waals surface area contributed by atoms with E-state index in [0.717, 1.165) is 16.5 Å². The highest BCUT2D eigenvalue weighted by molar-refractivity contribution is 6.61. The Morgan fingerprint density at radius 3 is 2.37 bits per heavy atom. The minimum absolute atomic E-state index is 0.313. The van der Waals surface area contributed by atoms with Gasteiger partial charge < -0.3 is 13.9 Å². The fourth-order valence-electron chi connectivity index (χ4n) is 2.40. The molecule has 1 aliphatic heterocycles. The fraction of sp³-hybridized carbons (Fsp3) is 0.500. The van der Waals surface area contributed by atoms with E-state index in [-0.39, 0.29) is 18.3 Å². The van der Waals surface area contributed by atoms with Gasteiger partial charge in [0.05, 0.1) is 16.7 Å². The van der Waals surface area contributed by atoms with Gasteiger partial charge in [-0.1, -0.05) is 0 Å². The third-order valence-corrected chi connectivity index (χ3v) is 4.37. The predicted molar refractivity (Wildman–Crippen MR) is 76.4 cm³/mol. The summed E-state index contributed by atoms with van der Waals surface area (Å²) in [6.45, 7) is 8.27. The molecule has 5 heteroatoms. The molecule has 2 aromatic rings. The molecule has 0 radical (unpaired) electrons. The molecule has 0 atom stereocenters. The first-order chi connectivity index (χ1) is 8.82. The van der Waals surface area contributed by atoms with E-state index in [1.54, 1.807) is 6.20 Å². The van der Waals surface area contributed by atoms with Crippen molar-refractivity contribution in [3.63, 3.8) is 0 Å². The van der Waals surface area contributed by atoms with Gasteiger partial charge >= 0.3 is 7.12 Å². The summed E-state index contributed by atoms with van der Waals surface area (Å²) < 4.78 is 14.3. The van der Waals surface area contributed by atoms with Crippen molar-refractivity contribution in [2.75, 3.05) is 0 Å². The molecule has 0 aromatic carbocycles. The Bertz CT molecular complexity index is 617. The molecule has 0 saturated carbocycles. The Hall–Kier alpha value is -1.33. The minimum Gasteiger partial charge on any atom is -0.398 e. The van der Waals surface area contributed by atoms with Crippen LogP contribution in [0.1, 0.15) is 27.7 Å². The van der Waals surface area contributed by atoms with Crippen LogP contribution in [0, 0.1) is 0 Å². The molecule has 1 aliphatic rings. The van der Waals surface area contributed by atoms with Gasteiger partial charge in [-0.2, -0.15) is 0 Å². The molecule has 19 heavy (non-hydrogen) atoms. The standard InChI is InChI=1S/C14H19BN2O2/c1-13(2)14(3,4)19-15(18-13)12-8-10-9-16-7-6-11(10)17(12)5/h6-9H,1-5H3. The lowest BCUT2D eigenvalue weighted by Crippen LogP contribution is -2.41. The van der Waals surface area contributed by atoms with E-state index < -0.39 is 0 Å². The molecule has 0 N–H and O–H groups in total. The van der Waals surface area contributed by atoms with Crippen LogP contribution in [-0.4, -0.2) is 27.9 Å². The SMILES string of the molecule is Cn1c(B2OC(C)(C)C(C)(C)O2)cc2cnccc21. The second-order valence-electron chi connectivity index (χ2n) is 6.15. The largest absolute Gasteiger partial charge is 0.512 e. The maximum Gasteiger partial charge on any atom is 0.512 e. The lowest BCUT2D eigenvalue weighted by Gasteiger charge is -2.32. The molecule has 2 aromatic heterocycles. The predicted octanol–water partition coefficient (Wildman–Crippen LogP) is 1.87. The first kappa shape index (κ1) is 12.7. The molecule has 3 heterocycles. The lowest BCUT2D eigenvalue weighted by molar-refractivity contribution is 0.00578. The lowest BCUT2D eigenvalue weighted by atomic mass is 9.84. The summed E-state index contributed by atoms with van der Waals surface area (Å²) in [5, 5.41) is 1.11. The number of pyridine rings is 1. The van der Waals surface area contributed by atoms with Gasteiger partial charge in [-0.15, -0.1) is 0 Å². The van der Waals surface area contributed by atoms with Crippen molar-refractivity contribution in [3.8, 4) is 0 Å². The zero-order chi connectivity index (χ0) is 13.8. The molecular formula is C14H19BN2O2. The van der Waals surface area contributed by atoms with E-state index in [2.05, 4.69) is 43.3 Å². The van der Waals surface area contributed by atoms with E-state index in [1.807, 2.05) is 19.3 Å². The van der Waals surface area contributed by atoms with Crippen LogP contribution in [-0.2, 0) is 16.4 Å². The van der Waals surface area contributed by atoms with Crippen LogP contribution in [0.5, 0.6) is 0 Å². The van der Waals surface area contributed by atoms with Gasteiger partial charge in [-0.3, -0.25) is 4.98 Å². The molecule has 1 fully saturated rings. The van der Waals surface area contributed by atoms with Crippen LogP contribution < -0.4 is 5.59 Å². The second kappa shape index (κ2) is 3.84. The highest BCUT2D eigenvalue weighted by Gasteiger charge is 2.52. The molecule has 0 amide bonds. The van der Waals surface area contributed by atoms with Gasteiger partial charge in [0.15, 0.2) is 0 Å². The highest BCUT2D eigenvalue weighted by atomic mass is 16.7. The molecule has 0 aliphatic carbocycles. The monoisotopic (exact) mass is 258 g/mol. The van der Waals surface area contributed by atoms with Gasteiger partial charge in [0.2, 0.25) is 0 Å². The van der Waals surface area contributed by atoms with Crippen molar-refractivity contribution in [2.45, 2.75) is 38.9 Å². The highest BCUT2D eigenvalue weighted by Crippen LogP contribution is 2.36. The average Bonchev–Trinajstić information content (AvgIpc) is 2.76.